The number of sulfonamides is 1. The number of carbonyl (C=O) groups excluding carboxylic acids is 1. The van der Waals surface area contributed by atoms with Gasteiger partial charge in [-0.3, -0.25) is 4.79 Å². The van der Waals surface area contributed by atoms with E-state index in [0.717, 1.165) is 16.1 Å². The molecule has 140 valence electrons. The van der Waals surface area contributed by atoms with Gasteiger partial charge in [0, 0.05) is 6.54 Å². The molecule has 0 saturated carbocycles. The van der Waals surface area contributed by atoms with Crippen LogP contribution >= 0.6 is 23.2 Å². The summed E-state index contributed by atoms with van der Waals surface area (Å²) in [5.41, 5.74) is 1.59. The van der Waals surface area contributed by atoms with Crippen molar-refractivity contribution in [3.63, 3.8) is 0 Å². The molecule has 0 fully saturated rings. The molecule has 0 heterocycles. The van der Waals surface area contributed by atoms with Crippen molar-refractivity contribution in [3.05, 3.63) is 69.7 Å². The molecule has 1 atom stereocenters. The van der Waals surface area contributed by atoms with E-state index in [-0.39, 0.29) is 25.0 Å². The fourth-order valence-electron chi connectivity index (χ4n) is 2.40. The molecule has 0 saturated heterocycles. The van der Waals surface area contributed by atoms with Gasteiger partial charge in [0.25, 0.3) is 0 Å². The topological polar surface area (TPSA) is 66.5 Å². The van der Waals surface area contributed by atoms with Crippen LogP contribution in [0.4, 0.5) is 0 Å². The van der Waals surface area contributed by atoms with E-state index in [1.807, 2.05) is 37.3 Å². The molecule has 0 spiro atoms. The van der Waals surface area contributed by atoms with E-state index < -0.39 is 10.0 Å². The van der Waals surface area contributed by atoms with Crippen LogP contribution in [0.5, 0.6) is 0 Å². The van der Waals surface area contributed by atoms with E-state index in [1.165, 1.54) is 0 Å². The average molecular weight is 415 g/mol. The Morgan fingerprint density at radius 3 is 2.35 bits per heavy atom. The summed E-state index contributed by atoms with van der Waals surface area (Å²) in [6.45, 7) is 1.59. The molecule has 0 aliphatic rings. The summed E-state index contributed by atoms with van der Waals surface area (Å²) < 4.78 is 25.2. The number of carbonyl (C=O) groups is 1. The molecule has 1 amide bonds. The van der Waals surface area contributed by atoms with Gasteiger partial charge in [0.15, 0.2) is 0 Å². The van der Waals surface area contributed by atoms with Crippen LogP contribution in [0.2, 0.25) is 10.0 Å². The molecule has 26 heavy (non-hydrogen) atoms. The Morgan fingerprint density at radius 2 is 1.77 bits per heavy atom. The van der Waals surface area contributed by atoms with Crippen LogP contribution in [0.3, 0.4) is 0 Å². The minimum Gasteiger partial charge on any atom is -0.348 e. The molecule has 0 unspecified atom stereocenters. The molecule has 2 aromatic carbocycles. The highest BCUT2D eigenvalue weighted by Gasteiger charge is 2.22. The molecule has 2 rings (SSSR count). The monoisotopic (exact) mass is 414 g/mol. The predicted octanol–water partition coefficient (Wildman–Crippen LogP) is 3.63. The number of amides is 1. The Kier molecular flexibility index (Phi) is 7.06. The van der Waals surface area contributed by atoms with Crippen molar-refractivity contribution in [3.8, 4) is 0 Å². The number of hydrogen-bond acceptors (Lipinski definition) is 3. The molecule has 0 bridgehead atoms. The van der Waals surface area contributed by atoms with Gasteiger partial charge in [-0.05, 0) is 30.2 Å². The second kappa shape index (κ2) is 8.86. The Labute approximate surface area is 164 Å². The average Bonchev–Trinajstić information content (AvgIpc) is 2.57. The molecule has 0 aliphatic carbocycles. The third-order valence-corrected chi connectivity index (χ3v) is 5.74. The van der Waals surface area contributed by atoms with E-state index in [0.29, 0.717) is 15.6 Å². The second-order valence-electron chi connectivity index (χ2n) is 5.98. The van der Waals surface area contributed by atoms with Crippen molar-refractivity contribution in [1.82, 2.24) is 9.62 Å². The molecule has 5 nitrogen and oxygen atoms in total. The quantitative estimate of drug-likeness (QED) is 0.751. The molecule has 0 aromatic heterocycles. The number of hydrogen-bond donors (Lipinski definition) is 1. The fraction of sp³-hybridized carbons (Fsp3) is 0.278. The molecular formula is C18H20Cl2N2O3S. The summed E-state index contributed by atoms with van der Waals surface area (Å²) in [5.74, 6) is -0.383. The Balaban J connectivity index is 2.07. The normalized spacial score (nSPS) is 12.8. The molecule has 2 aromatic rings. The Hall–Kier alpha value is -1.60. The van der Waals surface area contributed by atoms with Crippen molar-refractivity contribution in [2.24, 2.45) is 0 Å². The van der Waals surface area contributed by atoms with Gasteiger partial charge in [0.05, 0.1) is 28.9 Å². The van der Waals surface area contributed by atoms with Crippen LogP contribution in [0.25, 0.3) is 0 Å². The van der Waals surface area contributed by atoms with E-state index in [1.54, 1.807) is 18.2 Å². The minimum absolute atomic E-state index is 0.0306. The zero-order valence-corrected chi connectivity index (χ0v) is 16.8. The standard InChI is InChI=1S/C18H20Cl2N2O3S/c1-13(15-6-4-3-5-7-15)21-18(23)12-22(26(2,24)25)11-14-8-9-16(19)17(20)10-14/h3-10,13H,11-12H2,1-2H3,(H,21,23)/t13-/m0/s1. The van der Waals surface area contributed by atoms with E-state index in [4.69, 9.17) is 23.2 Å². The summed E-state index contributed by atoms with van der Waals surface area (Å²) >= 11 is 11.9. The maximum Gasteiger partial charge on any atom is 0.235 e. The van der Waals surface area contributed by atoms with Gasteiger partial charge in [0.2, 0.25) is 15.9 Å². The number of benzene rings is 2. The van der Waals surface area contributed by atoms with Gasteiger partial charge in [-0.25, -0.2) is 8.42 Å². The van der Waals surface area contributed by atoms with Crippen molar-refractivity contribution in [2.75, 3.05) is 12.8 Å². The van der Waals surface area contributed by atoms with Crippen molar-refractivity contribution in [2.45, 2.75) is 19.5 Å². The van der Waals surface area contributed by atoms with Crippen molar-refractivity contribution >= 4 is 39.1 Å². The summed E-state index contributed by atoms with van der Waals surface area (Å²) in [6.07, 6.45) is 1.07. The van der Waals surface area contributed by atoms with Crippen molar-refractivity contribution < 1.29 is 13.2 Å². The Morgan fingerprint density at radius 1 is 1.12 bits per heavy atom. The first-order valence-electron chi connectivity index (χ1n) is 7.90. The summed E-state index contributed by atoms with van der Waals surface area (Å²) in [7, 11) is -3.59. The van der Waals surface area contributed by atoms with Gasteiger partial charge in [-0.1, -0.05) is 59.6 Å². The summed E-state index contributed by atoms with van der Waals surface area (Å²) in [4.78, 5) is 12.3. The largest absolute Gasteiger partial charge is 0.348 e. The molecule has 1 N–H and O–H groups in total. The van der Waals surface area contributed by atoms with Crippen LogP contribution in [0.15, 0.2) is 48.5 Å². The number of halogens is 2. The smallest absolute Gasteiger partial charge is 0.235 e. The highest BCUT2D eigenvalue weighted by molar-refractivity contribution is 7.88. The predicted molar refractivity (Wildman–Crippen MR) is 105 cm³/mol. The lowest BCUT2D eigenvalue weighted by Gasteiger charge is -2.21. The van der Waals surface area contributed by atoms with Crippen LogP contribution in [-0.4, -0.2) is 31.4 Å². The summed E-state index contributed by atoms with van der Waals surface area (Å²) in [5, 5.41) is 3.53. The van der Waals surface area contributed by atoms with Gasteiger partial charge < -0.3 is 5.32 Å². The second-order valence-corrected chi connectivity index (χ2v) is 8.78. The molecule has 0 radical (unpaired) electrons. The van der Waals surface area contributed by atoms with Gasteiger partial charge in [0.1, 0.15) is 0 Å². The van der Waals surface area contributed by atoms with Crippen LogP contribution in [0, 0.1) is 0 Å². The number of rotatable bonds is 7. The third-order valence-electron chi connectivity index (χ3n) is 3.81. The van der Waals surface area contributed by atoms with Crippen LogP contribution in [-0.2, 0) is 21.4 Å². The minimum atomic E-state index is -3.59. The van der Waals surface area contributed by atoms with E-state index >= 15 is 0 Å². The SMILES string of the molecule is C[C@H](NC(=O)CN(Cc1ccc(Cl)c(Cl)c1)S(C)(=O)=O)c1ccccc1. The van der Waals surface area contributed by atoms with Crippen LogP contribution in [0.1, 0.15) is 24.1 Å². The lowest BCUT2D eigenvalue weighted by molar-refractivity contribution is -0.122. The zero-order valence-electron chi connectivity index (χ0n) is 14.4. The van der Waals surface area contributed by atoms with Gasteiger partial charge in [-0.15, -0.1) is 0 Å². The first-order valence-corrected chi connectivity index (χ1v) is 10.5. The number of nitrogens with zero attached hydrogens (tertiary/aromatic N) is 1. The van der Waals surface area contributed by atoms with Crippen LogP contribution < -0.4 is 5.32 Å². The molecule has 8 heteroatoms. The highest BCUT2D eigenvalue weighted by Crippen LogP contribution is 2.23. The van der Waals surface area contributed by atoms with Gasteiger partial charge in [-0.2, -0.15) is 4.31 Å². The van der Waals surface area contributed by atoms with Gasteiger partial charge >= 0.3 is 0 Å². The fourth-order valence-corrected chi connectivity index (χ4v) is 3.46. The van der Waals surface area contributed by atoms with Crippen molar-refractivity contribution in [1.29, 1.82) is 0 Å². The lowest BCUT2D eigenvalue weighted by Crippen LogP contribution is -2.40. The zero-order chi connectivity index (χ0) is 19.3. The molecule has 0 aliphatic heterocycles. The first kappa shape index (κ1) is 20.7. The maximum absolute atomic E-state index is 12.3. The first-order chi connectivity index (χ1) is 12.2. The summed E-state index contributed by atoms with van der Waals surface area (Å²) in [6, 6.07) is 14.1. The maximum atomic E-state index is 12.3. The molecular weight excluding hydrogens is 395 g/mol. The number of nitrogens with one attached hydrogen (secondary N) is 1. The Bertz CT molecular complexity index is 873. The highest BCUT2D eigenvalue weighted by atomic mass is 35.5. The van der Waals surface area contributed by atoms with E-state index in [9.17, 15) is 13.2 Å². The van der Waals surface area contributed by atoms with E-state index in [2.05, 4.69) is 5.32 Å². The lowest BCUT2D eigenvalue weighted by atomic mass is 10.1. The third kappa shape index (κ3) is 5.99.